The topological polar surface area (TPSA) is 12.9 Å². The maximum Gasteiger partial charge on any atom is 0.0414 e. The quantitative estimate of drug-likeness (QED) is 0.689. The van der Waals surface area contributed by atoms with Crippen molar-refractivity contribution in [1.82, 2.24) is 4.98 Å². The highest BCUT2D eigenvalue weighted by Gasteiger charge is 1.99. The Morgan fingerprint density at radius 2 is 2.00 bits per heavy atom. The molecule has 0 aliphatic heterocycles. The van der Waals surface area contributed by atoms with Crippen LogP contribution in [0.3, 0.4) is 0 Å². The molecule has 70 valence electrons. The van der Waals surface area contributed by atoms with E-state index in [-0.39, 0.29) is 0 Å². The Kier molecular flexibility index (Phi) is 2.51. The number of aromatic nitrogens is 1. The molecule has 0 bridgehead atoms. The van der Waals surface area contributed by atoms with Gasteiger partial charge < -0.3 is 0 Å². The molecule has 2 heteroatoms. The van der Waals surface area contributed by atoms with E-state index >= 15 is 0 Å². The van der Waals surface area contributed by atoms with Gasteiger partial charge in [0.2, 0.25) is 0 Å². The maximum atomic E-state index is 5.98. The van der Waals surface area contributed by atoms with Crippen molar-refractivity contribution in [2.75, 3.05) is 0 Å². The predicted molar refractivity (Wildman–Crippen MR) is 59.4 cm³/mol. The Balaban J connectivity index is 2.52. The van der Waals surface area contributed by atoms with Gasteiger partial charge in [-0.25, -0.2) is 0 Å². The molecule has 0 saturated carbocycles. The molecule has 2 aromatic rings. The van der Waals surface area contributed by atoms with Gasteiger partial charge in [0, 0.05) is 23.0 Å². The van der Waals surface area contributed by atoms with E-state index in [0.29, 0.717) is 0 Å². The van der Waals surface area contributed by atoms with E-state index in [9.17, 15) is 0 Å². The Morgan fingerprint density at radius 1 is 1.14 bits per heavy atom. The van der Waals surface area contributed by atoms with Crippen LogP contribution in [0.4, 0.5) is 0 Å². The van der Waals surface area contributed by atoms with E-state index in [0.717, 1.165) is 21.7 Å². The molecule has 1 aromatic carbocycles. The van der Waals surface area contributed by atoms with Gasteiger partial charge in [-0.15, -0.1) is 0 Å². The number of benzene rings is 1. The summed E-state index contributed by atoms with van der Waals surface area (Å²) in [6.45, 7) is 2.03. The number of hydrogen-bond acceptors (Lipinski definition) is 1. The van der Waals surface area contributed by atoms with Crippen molar-refractivity contribution >= 4 is 11.6 Å². The van der Waals surface area contributed by atoms with E-state index in [1.54, 1.807) is 6.20 Å². The van der Waals surface area contributed by atoms with Crippen molar-refractivity contribution in [3.63, 3.8) is 0 Å². The van der Waals surface area contributed by atoms with Gasteiger partial charge in [-0.3, -0.25) is 4.98 Å². The minimum atomic E-state index is 0.767. The molecule has 0 fully saturated rings. The molecule has 1 nitrogen and oxygen atoms in total. The Bertz CT molecular complexity index is 417. The van der Waals surface area contributed by atoms with Crippen molar-refractivity contribution in [1.29, 1.82) is 0 Å². The van der Waals surface area contributed by atoms with E-state index in [2.05, 4.69) is 11.1 Å². The minimum absolute atomic E-state index is 0.767. The van der Waals surface area contributed by atoms with Crippen molar-refractivity contribution in [2.45, 2.75) is 6.92 Å². The minimum Gasteiger partial charge on any atom is -0.264 e. The molecule has 1 heterocycles. The second kappa shape index (κ2) is 3.81. The first kappa shape index (κ1) is 9.22. The van der Waals surface area contributed by atoms with Crippen LogP contribution in [0, 0.1) is 6.92 Å². The molecule has 0 aliphatic carbocycles. The number of pyridine rings is 1. The molecule has 0 spiro atoms. The van der Waals surface area contributed by atoms with Crippen LogP contribution >= 0.6 is 11.6 Å². The molecule has 14 heavy (non-hydrogen) atoms. The van der Waals surface area contributed by atoms with Gasteiger partial charge in [-0.05, 0) is 36.2 Å². The fourth-order valence-corrected chi connectivity index (χ4v) is 1.73. The highest BCUT2D eigenvalue weighted by atomic mass is 35.5. The van der Waals surface area contributed by atoms with Crippen LogP contribution in [-0.2, 0) is 0 Å². The Labute approximate surface area is 88.4 Å². The summed E-state index contributed by atoms with van der Waals surface area (Å²) in [7, 11) is 0. The average Bonchev–Trinajstić information content (AvgIpc) is 2.18. The standard InChI is InChI=1S/C12H10ClN/c1-9-5-11(7-12(13)6-9)10-3-2-4-14-8-10/h2-8H,1H3. The van der Waals surface area contributed by atoms with Crippen molar-refractivity contribution in [3.8, 4) is 11.1 Å². The molecule has 0 radical (unpaired) electrons. The van der Waals surface area contributed by atoms with E-state index in [4.69, 9.17) is 11.6 Å². The first-order valence-corrected chi connectivity index (χ1v) is 4.81. The molecule has 0 unspecified atom stereocenters. The SMILES string of the molecule is Cc1cc(Cl)cc(-c2cccnc2)c1. The van der Waals surface area contributed by atoms with E-state index in [1.807, 2.05) is 37.4 Å². The van der Waals surface area contributed by atoms with Crippen LogP contribution in [0.5, 0.6) is 0 Å². The van der Waals surface area contributed by atoms with Gasteiger partial charge in [-0.1, -0.05) is 23.7 Å². The zero-order valence-electron chi connectivity index (χ0n) is 7.87. The molecule has 0 N–H and O–H groups in total. The van der Waals surface area contributed by atoms with Gasteiger partial charge >= 0.3 is 0 Å². The van der Waals surface area contributed by atoms with Crippen LogP contribution in [0.1, 0.15) is 5.56 Å². The van der Waals surface area contributed by atoms with Gasteiger partial charge in [-0.2, -0.15) is 0 Å². The van der Waals surface area contributed by atoms with Gasteiger partial charge in [0.1, 0.15) is 0 Å². The number of hydrogen-bond donors (Lipinski definition) is 0. The molecule has 1 aromatic heterocycles. The van der Waals surface area contributed by atoms with Gasteiger partial charge in [0.05, 0.1) is 0 Å². The molecule has 0 amide bonds. The lowest BCUT2D eigenvalue weighted by atomic mass is 10.1. The Hall–Kier alpha value is -1.34. The van der Waals surface area contributed by atoms with Crippen LogP contribution in [0.2, 0.25) is 5.02 Å². The summed E-state index contributed by atoms with van der Waals surface area (Å²) in [5.41, 5.74) is 3.37. The number of halogens is 1. The zero-order chi connectivity index (χ0) is 9.97. The van der Waals surface area contributed by atoms with Gasteiger partial charge in [0.15, 0.2) is 0 Å². The molecule has 2 rings (SSSR count). The van der Waals surface area contributed by atoms with Crippen LogP contribution in [-0.4, -0.2) is 4.98 Å². The lowest BCUT2D eigenvalue weighted by Gasteiger charge is -2.03. The lowest BCUT2D eigenvalue weighted by Crippen LogP contribution is -1.81. The Morgan fingerprint density at radius 3 is 2.64 bits per heavy atom. The molecular formula is C12H10ClN. The van der Waals surface area contributed by atoms with Crippen LogP contribution < -0.4 is 0 Å². The fourth-order valence-electron chi connectivity index (χ4n) is 1.44. The summed E-state index contributed by atoms with van der Waals surface area (Å²) in [6, 6.07) is 9.94. The summed E-state index contributed by atoms with van der Waals surface area (Å²) in [6.07, 6.45) is 3.60. The smallest absolute Gasteiger partial charge is 0.0414 e. The van der Waals surface area contributed by atoms with Crippen molar-refractivity contribution in [2.24, 2.45) is 0 Å². The first-order valence-electron chi connectivity index (χ1n) is 4.43. The summed E-state index contributed by atoms with van der Waals surface area (Å²) >= 11 is 5.98. The maximum absolute atomic E-state index is 5.98. The zero-order valence-corrected chi connectivity index (χ0v) is 8.62. The van der Waals surface area contributed by atoms with E-state index < -0.39 is 0 Å². The third kappa shape index (κ3) is 1.94. The number of nitrogens with zero attached hydrogens (tertiary/aromatic N) is 1. The largest absolute Gasteiger partial charge is 0.264 e. The summed E-state index contributed by atoms with van der Waals surface area (Å²) in [5.74, 6) is 0. The van der Waals surface area contributed by atoms with Crippen LogP contribution in [0.15, 0.2) is 42.7 Å². The monoisotopic (exact) mass is 203 g/mol. The van der Waals surface area contributed by atoms with Gasteiger partial charge in [0.25, 0.3) is 0 Å². The highest BCUT2D eigenvalue weighted by molar-refractivity contribution is 6.30. The third-order valence-corrected chi connectivity index (χ3v) is 2.26. The van der Waals surface area contributed by atoms with E-state index in [1.165, 1.54) is 0 Å². The summed E-state index contributed by atoms with van der Waals surface area (Å²) in [5, 5.41) is 0.767. The molecule has 0 aliphatic rings. The van der Waals surface area contributed by atoms with Crippen molar-refractivity contribution < 1.29 is 0 Å². The average molecular weight is 204 g/mol. The van der Waals surface area contributed by atoms with Crippen molar-refractivity contribution in [3.05, 3.63) is 53.3 Å². The fraction of sp³-hybridized carbons (Fsp3) is 0.0833. The third-order valence-electron chi connectivity index (χ3n) is 2.04. The molecular weight excluding hydrogens is 194 g/mol. The lowest BCUT2D eigenvalue weighted by molar-refractivity contribution is 1.33. The summed E-state index contributed by atoms with van der Waals surface area (Å²) < 4.78 is 0. The first-order chi connectivity index (χ1) is 6.75. The second-order valence-corrected chi connectivity index (χ2v) is 3.70. The molecule has 0 saturated heterocycles. The summed E-state index contributed by atoms with van der Waals surface area (Å²) in [4.78, 5) is 4.08. The molecule has 0 atom stereocenters. The van der Waals surface area contributed by atoms with Crippen LogP contribution in [0.25, 0.3) is 11.1 Å². The number of rotatable bonds is 1. The second-order valence-electron chi connectivity index (χ2n) is 3.26. The predicted octanol–water partition coefficient (Wildman–Crippen LogP) is 3.71. The highest BCUT2D eigenvalue weighted by Crippen LogP contribution is 2.23. The number of aryl methyl sites for hydroxylation is 1. The normalized spacial score (nSPS) is 10.1.